The Labute approximate surface area is 249 Å². The first-order valence-electron chi connectivity index (χ1n) is 13.8. The first kappa shape index (κ1) is 32.9. The average Bonchev–Trinajstić information content (AvgIpc) is 3.73. The number of benzene rings is 1. The van der Waals surface area contributed by atoms with Crippen LogP contribution in [0.1, 0.15) is 74.9 Å². The van der Waals surface area contributed by atoms with E-state index in [2.05, 4.69) is 15.6 Å². The van der Waals surface area contributed by atoms with Gasteiger partial charge in [-0.05, 0) is 50.5 Å². The molecule has 4 N–H and O–H groups in total. The van der Waals surface area contributed by atoms with Gasteiger partial charge in [0.15, 0.2) is 5.78 Å². The lowest BCUT2D eigenvalue weighted by molar-refractivity contribution is -0.167. The van der Waals surface area contributed by atoms with Gasteiger partial charge in [-0.2, -0.15) is 5.26 Å². The molecular formula is C30H36FN5O7. The number of esters is 2. The number of hydrogen-bond acceptors (Lipinski definition) is 10. The zero-order valence-corrected chi connectivity index (χ0v) is 24.7. The van der Waals surface area contributed by atoms with Crippen molar-refractivity contribution in [1.82, 2.24) is 10.3 Å². The first-order valence-corrected chi connectivity index (χ1v) is 13.8. The normalized spacial score (nSPS) is 16.4. The summed E-state index contributed by atoms with van der Waals surface area (Å²) in [6, 6.07) is 5.47. The largest absolute Gasteiger partial charge is 0.463 e. The molecule has 12 nitrogen and oxygen atoms in total. The summed E-state index contributed by atoms with van der Waals surface area (Å²) in [7, 11) is 0. The Morgan fingerprint density at radius 3 is 2.51 bits per heavy atom. The second kappa shape index (κ2) is 14.1. The van der Waals surface area contributed by atoms with Gasteiger partial charge in [-0.3, -0.25) is 19.7 Å². The van der Waals surface area contributed by atoms with Gasteiger partial charge in [-0.15, -0.1) is 0 Å². The predicted octanol–water partition coefficient (Wildman–Crippen LogP) is 3.79. The molecule has 3 rings (SSSR count). The molecule has 0 bridgehead atoms. The summed E-state index contributed by atoms with van der Waals surface area (Å²) in [4.78, 5) is 54.0. The van der Waals surface area contributed by atoms with Crippen LogP contribution in [-0.2, 0) is 19.1 Å². The number of pyridine rings is 1. The van der Waals surface area contributed by atoms with Crippen molar-refractivity contribution in [1.29, 1.82) is 5.26 Å². The fourth-order valence-electron chi connectivity index (χ4n) is 4.03. The van der Waals surface area contributed by atoms with Crippen molar-refractivity contribution in [2.24, 2.45) is 17.1 Å². The fraction of sp³-hybridized carbons (Fsp3) is 0.467. The maximum atomic E-state index is 15.2. The first-order chi connectivity index (χ1) is 20.3. The van der Waals surface area contributed by atoms with Crippen LogP contribution in [0.4, 0.5) is 15.0 Å². The molecule has 1 aromatic heterocycles. The summed E-state index contributed by atoms with van der Waals surface area (Å²) >= 11 is 0. The van der Waals surface area contributed by atoms with Crippen LogP contribution in [0, 0.1) is 28.5 Å². The number of anilines is 1. The van der Waals surface area contributed by atoms with Crippen LogP contribution >= 0.6 is 0 Å². The number of amides is 2. The van der Waals surface area contributed by atoms with Gasteiger partial charge >= 0.3 is 18.0 Å². The topological polar surface area (TPSA) is 183 Å². The van der Waals surface area contributed by atoms with Crippen molar-refractivity contribution in [3.8, 4) is 11.8 Å². The highest BCUT2D eigenvalue weighted by molar-refractivity contribution is 5.99. The lowest BCUT2D eigenvalue weighted by Crippen LogP contribution is -2.40. The van der Waals surface area contributed by atoms with Crippen LogP contribution in [-0.4, -0.2) is 54.2 Å². The SMILES string of the molecule is CCC(=O)c1ccc(F)c(C2CC2NC(=O)Nc2ccc(C#N)cn2)c1OCOC(=O)C(C)(C)COC(=O)[C@@H](N)C(C)C. The Hall–Kier alpha value is -4.57. The van der Waals surface area contributed by atoms with Crippen molar-refractivity contribution >= 4 is 29.6 Å². The van der Waals surface area contributed by atoms with Gasteiger partial charge in [0.2, 0.25) is 6.79 Å². The van der Waals surface area contributed by atoms with E-state index in [1.807, 2.05) is 6.07 Å². The van der Waals surface area contributed by atoms with Gasteiger partial charge in [0.1, 0.15) is 36.1 Å². The van der Waals surface area contributed by atoms with Crippen LogP contribution in [0.2, 0.25) is 0 Å². The highest BCUT2D eigenvalue weighted by Gasteiger charge is 2.44. The lowest BCUT2D eigenvalue weighted by atomic mass is 9.95. The van der Waals surface area contributed by atoms with Crippen LogP contribution in [0.3, 0.4) is 0 Å². The van der Waals surface area contributed by atoms with E-state index < -0.39 is 54.0 Å². The second-order valence-corrected chi connectivity index (χ2v) is 11.2. The number of carbonyl (C=O) groups is 4. The van der Waals surface area contributed by atoms with Crippen molar-refractivity contribution in [3.63, 3.8) is 0 Å². The van der Waals surface area contributed by atoms with Crippen LogP contribution in [0.25, 0.3) is 0 Å². The number of halogens is 1. The monoisotopic (exact) mass is 597 g/mol. The quantitative estimate of drug-likeness (QED) is 0.174. The number of nitrogens with zero attached hydrogens (tertiary/aromatic N) is 2. The third-order valence-corrected chi connectivity index (χ3v) is 6.89. The number of rotatable bonds is 13. The van der Waals surface area contributed by atoms with E-state index in [1.165, 1.54) is 38.2 Å². The fourth-order valence-corrected chi connectivity index (χ4v) is 4.03. The number of nitrogens with one attached hydrogen (secondary N) is 2. The van der Waals surface area contributed by atoms with E-state index in [1.54, 1.807) is 20.8 Å². The maximum absolute atomic E-state index is 15.2. The van der Waals surface area contributed by atoms with Crippen LogP contribution in [0.5, 0.6) is 5.75 Å². The number of nitrogens with two attached hydrogens (primary N) is 1. The van der Waals surface area contributed by atoms with Crippen LogP contribution in [0.15, 0.2) is 30.5 Å². The Kier molecular flexibility index (Phi) is 10.8. The molecule has 0 saturated heterocycles. The standard InChI is InChI=1S/C30H36FN5O7/c1-6-22(37)18-8-9-20(31)24(19-11-21(19)35-29(40)36-23-10-7-17(12-32)13-34-23)26(18)42-15-43-28(39)30(4,5)14-41-27(38)25(33)16(2)3/h7-10,13,16,19,21,25H,6,11,14-15,33H2,1-5H3,(H2,34,35,36,40)/t19?,21?,25-/m0/s1. The zero-order chi connectivity index (χ0) is 31.9. The van der Waals surface area contributed by atoms with E-state index in [4.69, 9.17) is 25.2 Å². The summed E-state index contributed by atoms with van der Waals surface area (Å²) in [6.07, 6.45) is 1.79. The third-order valence-electron chi connectivity index (χ3n) is 6.89. The smallest absolute Gasteiger partial charge is 0.323 e. The number of aromatic nitrogens is 1. The molecule has 1 heterocycles. The molecule has 1 fully saturated rings. The van der Waals surface area contributed by atoms with Gasteiger partial charge < -0.3 is 25.3 Å². The highest BCUT2D eigenvalue weighted by atomic mass is 19.1. The molecule has 0 aliphatic heterocycles. The van der Waals surface area contributed by atoms with Crippen LogP contribution < -0.4 is 21.1 Å². The predicted molar refractivity (Wildman–Crippen MR) is 152 cm³/mol. The Morgan fingerprint density at radius 2 is 1.91 bits per heavy atom. The summed E-state index contributed by atoms with van der Waals surface area (Å²) in [5, 5.41) is 14.2. The molecule has 2 amide bonds. The number of urea groups is 1. The van der Waals surface area contributed by atoms with E-state index in [0.717, 1.165) is 6.07 Å². The molecule has 2 unspecified atom stereocenters. The van der Waals surface area contributed by atoms with Crippen molar-refractivity contribution in [2.75, 3.05) is 18.7 Å². The molecule has 230 valence electrons. The van der Waals surface area contributed by atoms with Gasteiger partial charge in [0.05, 0.1) is 16.5 Å². The van der Waals surface area contributed by atoms with E-state index in [-0.39, 0.29) is 47.4 Å². The minimum Gasteiger partial charge on any atom is -0.463 e. The summed E-state index contributed by atoms with van der Waals surface area (Å²) < 4.78 is 31.3. The molecule has 0 radical (unpaired) electrons. The van der Waals surface area contributed by atoms with Gasteiger partial charge in [-0.1, -0.05) is 20.8 Å². The molecule has 1 aliphatic carbocycles. The summed E-state index contributed by atoms with van der Waals surface area (Å²) in [5.41, 5.74) is 5.07. The summed E-state index contributed by atoms with van der Waals surface area (Å²) in [6.45, 7) is 7.29. The number of Topliss-reactive ketones (excluding diaryl/α,β-unsaturated/α-hetero) is 1. The summed E-state index contributed by atoms with van der Waals surface area (Å²) in [5.74, 6) is -2.87. The minimum absolute atomic E-state index is 0.0738. The molecule has 0 spiro atoms. The van der Waals surface area contributed by atoms with Crippen molar-refractivity contribution in [3.05, 3.63) is 53.0 Å². The van der Waals surface area contributed by atoms with Crippen molar-refractivity contribution < 1.29 is 37.8 Å². The molecule has 43 heavy (non-hydrogen) atoms. The number of ether oxygens (including phenoxy) is 3. The molecule has 13 heteroatoms. The van der Waals surface area contributed by atoms with Gasteiger partial charge in [-0.25, -0.2) is 14.2 Å². The zero-order valence-electron chi connectivity index (χ0n) is 24.7. The Balaban J connectivity index is 1.68. The third kappa shape index (κ3) is 8.48. The maximum Gasteiger partial charge on any atom is 0.323 e. The highest BCUT2D eigenvalue weighted by Crippen LogP contribution is 2.47. The van der Waals surface area contributed by atoms with Gasteiger partial charge in [0, 0.05) is 30.1 Å². The van der Waals surface area contributed by atoms with Gasteiger partial charge in [0.25, 0.3) is 0 Å². The molecular weight excluding hydrogens is 561 g/mol. The van der Waals surface area contributed by atoms with Crippen molar-refractivity contribution in [2.45, 2.75) is 65.5 Å². The van der Waals surface area contributed by atoms with E-state index in [9.17, 15) is 19.2 Å². The Bertz CT molecular complexity index is 1400. The number of nitriles is 1. The number of ketones is 1. The number of carbonyl (C=O) groups excluding carboxylic acids is 4. The molecule has 2 aromatic rings. The molecule has 1 aromatic carbocycles. The van der Waals surface area contributed by atoms with E-state index >= 15 is 4.39 Å². The lowest BCUT2D eigenvalue weighted by Gasteiger charge is -2.24. The molecule has 1 aliphatic rings. The molecule has 1 saturated carbocycles. The molecule has 3 atom stereocenters. The second-order valence-electron chi connectivity index (χ2n) is 11.2. The Morgan fingerprint density at radius 1 is 1.19 bits per heavy atom. The van der Waals surface area contributed by atoms with E-state index in [0.29, 0.717) is 12.0 Å². The average molecular weight is 598 g/mol. The number of hydrogen-bond donors (Lipinski definition) is 3. The minimum atomic E-state index is -1.24.